The van der Waals surface area contributed by atoms with Gasteiger partial charge >= 0.3 is 0 Å². The highest BCUT2D eigenvalue weighted by Gasteiger charge is 2.25. The summed E-state index contributed by atoms with van der Waals surface area (Å²) in [6.07, 6.45) is -0.0392. The van der Waals surface area contributed by atoms with Crippen molar-refractivity contribution >= 4 is 29.1 Å². The first-order valence-corrected chi connectivity index (χ1v) is 10.1. The lowest BCUT2D eigenvalue weighted by Crippen LogP contribution is -2.50. The molecule has 0 aromatic heterocycles. The number of hydrogen-bond donors (Lipinski definition) is 1. The fourth-order valence-electron chi connectivity index (χ4n) is 3.23. The summed E-state index contributed by atoms with van der Waals surface area (Å²) in [7, 11) is 0. The van der Waals surface area contributed by atoms with E-state index in [4.69, 9.17) is 16.3 Å². The molecule has 0 radical (unpaired) electrons. The molecule has 2 amide bonds. The van der Waals surface area contributed by atoms with Crippen LogP contribution in [0.5, 0.6) is 5.75 Å². The number of halogens is 1. The van der Waals surface area contributed by atoms with E-state index in [1.54, 1.807) is 23.1 Å². The molecule has 0 atom stereocenters. The molecule has 6 nitrogen and oxygen atoms in total. The predicted octanol–water partition coefficient (Wildman–Crippen LogP) is 3.52. The van der Waals surface area contributed by atoms with Crippen molar-refractivity contribution in [1.29, 1.82) is 0 Å². The van der Waals surface area contributed by atoms with Crippen LogP contribution < -0.4 is 10.1 Å². The van der Waals surface area contributed by atoms with Crippen LogP contribution in [0.2, 0.25) is 5.02 Å². The summed E-state index contributed by atoms with van der Waals surface area (Å²) >= 11 is 6.10. The highest BCUT2D eigenvalue weighted by Crippen LogP contribution is 2.26. The predicted molar refractivity (Wildman–Crippen MR) is 115 cm³/mol. The van der Waals surface area contributed by atoms with Gasteiger partial charge in [0, 0.05) is 36.9 Å². The van der Waals surface area contributed by atoms with E-state index < -0.39 is 0 Å². The van der Waals surface area contributed by atoms with Crippen LogP contribution in [-0.2, 0) is 4.79 Å². The van der Waals surface area contributed by atoms with Gasteiger partial charge in [-0.1, -0.05) is 29.8 Å². The Morgan fingerprint density at radius 2 is 1.76 bits per heavy atom. The number of nitrogens with zero attached hydrogens (tertiary/aromatic N) is 2. The minimum atomic E-state index is -0.100. The van der Waals surface area contributed by atoms with Crippen molar-refractivity contribution in [2.45, 2.75) is 20.0 Å². The van der Waals surface area contributed by atoms with Gasteiger partial charge in [0.15, 0.2) is 0 Å². The molecule has 0 unspecified atom stereocenters. The molecule has 2 aromatic carbocycles. The van der Waals surface area contributed by atoms with Gasteiger partial charge in [-0.3, -0.25) is 14.5 Å². The van der Waals surface area contributed by atoms with E-state index in [0.717, 1.165) is 5.69 Å². The smallest absolute Gasteiger partial charge is 0.257 e. The van der Waals surface area contributed by atoms with E-state index >= 15 is 0 Å². The summed E-state index contributed by atoms with van der Waals surface area (Å²) in [6, 6.07) is 14.5. The van der Waals surface area contributed by atoms with E-state index in [1.165, 1.54) is 0 Å². The summed E-state index contributed by atoms with van der Waals surface area (Å²) in [5.41, 5.74) is 1.26. The molecule has 0 saturated carbocycles. The van der Waals surface area contributed by atoms with Gasteiger partial charge in [-0.15, -0.1) is 0 Å². The molecular weight excluding hydrogens is 390 g/mol. The Hall–Kier alpha value is -2.57. The average Bonchev–Trinajstić information content (AvgIpc) is 2.70. The molecule has 2 aromatic rings. The minimum Gasteiger partial charge on any atom is -0.490 e. The van der Waals surface area contributed by atoms with Crippen molar-refractivity contribution < 1.29 is 14.3 Å². The fourth-order valence-corrected chi connectivity index (χ4v) is 3.40. The van der Waals surface area contributed by atoms with Crippen molar-refractivity contribution in [3.8, 4) is 5.75 Å². The second-order valence-electron chi connectivity index (χ2n) is 7.29. The minimum absolute atomic E-state index is 0.0392. The number of anilines is 1. The Morgan fingerprint density at radius 3 is 2.41 bits per heavy atom. The number of piperazine rings is 1. The van der Waals surface area contributed by atoms with E-state index in [2.05, 4.69) is 5.32 Å². The topological polar surface area (TPSA) is 61.9 Å². The lowest BCUT2D eigenvalue weighted by molar-refractivity contribution is -0.117. The monoisotopic (exact) mass is 415 g/mol. The maximum Gasteiger partial charge on any atom is 0.257 e. The van der Waals surface area contributed by atoms with Crippen LogP contribution in [0.15, 0.2) is 48.5 Å². The molecule has 1 saturated heterocycles. The molecule has 0 bridgehead atoms. The third-order valence-electron chi connectivity index (χ3n) is 4.62. The maximum atomic E-state index is 13.0. The van der Waals surface area contributed by atoms with Crippen LogP contribution >= 0.6 is 11.6 Å². The molecule has 0 aliphatic carbocycles. The number of amides is 2. The molecule has 1 N–H and O–H groups in total. The molecule has 0 spiro atoms. The van der Waals surface area contributed by atoms with E-state index in [9.17, 15) is 9.59 Å². The van der Waals surface area contributed by atoms with Gasteiger partial charge in [-0.2, -0.15) is 0 Å². The molecule has 29 heavy (non-hydrogen) atoms. The van der Waals surface area contributed by atoms with Gasteiger partial charge in [0.1, 0.15) is 5.75 Å². The van der Waals surface area contributed by atoms with Crippen molar-refractivity contribution in [3.05, 3.63) is 59.1 Å². The van der Waals surface area contributed by atoms with Gasteiger partial charge in [-0.05, 0) is 44.2 Å². The van der Waals surface area contributed by atoms with Gasteiger partial charge in [0.2, 0.25) is 5.91 Å². The quantitative estimate of drug-likeness (QED) is 0.784. The van der Waals surface area contributed by atoms with E-state index in [1.807, 2.05) is 49.1 Å². The Bertz CT molecular complexity index is 850. The number of rotatable bonds is 6. The standard InChI is InChI=1S/C22H26ClN3O3/c1-16(2)29-20-9-8-17(23)14-19(20)22(28)26-12-10-25(11-13-26)15-21(27)24-18-6-4-3-5-7-18/h3-9,14,16H,10-13,15H2,1-2H3,(H,24,27). The first-order valence-electron chi connectivity index (χ1n) is 9.75. The van der Waals surface area contributed by atoms with Gasteiger partial charge in [-0.25, -0.2) is 0 Å². The zero-order valence-corrected chi connectivity index (χ0v) is 17.5. The van der Waals surface area contributed by atoms with Crippen LogP contribution in [0.1, 0.15) is 24.2 Å². The molecule has 1 heterocycles. The number of para-hydroxylation sites is 1. The van der Waals surface area contributed by atoms with E-state index in [0.29, 0.717) is 49.1 Å². The molecule has 1 fully saturated rings. The zero-order chi connectivity index (χ0) is 20.8. The number of hydrogen-bond acceptors (Lipinski definition) is 4. The molecular formula is C22H26ClN3O3. The summed E-state index contributed by atoms with van der Waals surface area (Å²) in [4.78, 5) is 29.1. The highest BCUT2D eigenvalue weighted by atomic mass is 35.5. The molecule has 3 rings (SSSR count). The van der Waals surface area contributed by atoms with E-state index in [-0.39, 0.29) is 17.9 Å². The largest absolute Gasteiger partial charge is 0.490 e. The number of benzene rings is 2. The second-order valence-corrected chi connectivity index (χ2v) is 7.73. The van der Waals surface area contributed by atoms with Crippen molar-refractivity contribution in [2.75, 3.05) is 38.0 Å². The summed E-state index contributed by atoms with van der Waals surface area (Å²) < 4.78 is 5.77. The Labute approximate surface area is 176 Å². The van der Waals surface area contributed by atoms with Gasteiger partial charge < -0.3 is 15.0 Å². The second kappa shape index (κ2) is 9.76. The highest BCUT2D eigenvalue weighted by molar-refractivity contribution is 6.31. The lowest BCUT2D eigenvalue weighted by Gasteiger charge is -2.34. The Balaban J connectivity index is 1.56. The molecule has 1 aliphatic rings. The van der Waals surface area contributed by atoms with Crippen LogP contribution in [0.4, 0.5) is 5.69 Å². The maximum absolute atomic E-state index is 13.0. The lowest BCUT2D eigenvalue weighted by atomic mass is 10.1. The number of carbonyl (C=O) groups is 2. The SMILES string of the molecule is CC(C)Oc1ccc(Cl)cc1C(=O)N1CCN(CC(=O)Nc2ccccc2)CC1. The van der Waals surface area contributed by atoms with Gasteiger partial charge in [0.05, 0.1) is 18.2 Å². The summed E-state index contributed by atoms with van der Waals surface area (Å²) in [5, 5.41) is 3.39. The van der Waals surface area contributed by atoms with Crippen LogP contribution in [0, 0.1) is 0 Å². The number of carbonyl (C=O) groups excluding carboxylic acids is 2. The Kier molecular flexibility index (Phi) is 7.12. The number of nitrogens with one attached hydrogen (secondary N) is 1. The molecule has 1 aliphatic heterocycles. The zero-order valence-electron chi connectivity index (χ0n) is 16.7. The van der Waals surface area contributed by atoms with Crippen LogP contribution in [0.25, 0.3) is 0 Å². The van der Waals surface area contributed by atoms with Crippen molar-refractivity contribution in [2.24, 2.45) is 0 Å². The van der Waals surface area contributed by atoms with Crippen LogP contribution in [0.3, 0.4) is 0 Å². The Morgan fingerprint density at radius 1 is 1.07 bits per heavy atom. The van der Waals surface area contributed by atoms with Crippen molar-refractivity contribution in [1.82, 2.24) is 9.80 Å². The molecule has 7 heteroatoms. The average molecular weight is 416 g/mol. The third-order valence-corrected chi connectivity index (χ3v) is 4.85. The normalized spacial score (nSPS) is 14.7. The number of ether oxygens (including phenoxy) is 1. The first kappa shape index (κ1) is 21.1. The van der Waals surface area contributed by atoms with Crippen LogP contribution in [-0.4, -0.2) is 60.4 Å². The fraction of sp³-hybridized carbons (Fsp3) is 0.364. The first-order chi connectivity index (χ1) is 13.9. The van der Waals surface area contributed by atoms with Crippen molar-refractivity contribution in [3.63, 3.8) is 0 Å². The summed E-state index contributed by atoms with van der Waals surface area (Å²) in [6.45, 7) is 6.50. The third kappa shape index (κ3) is 5.95. The van der Waals surface area contributed by atoms with Gasteiger partial charge in [0.25, 0.3) is 5.91 Å². The molecule has 154 valence electrons. The summed E-state index contributed by atoms with van der Waals surface area (Å²) in [5.74, 6) is 0.383.